The molecule has 0 saturated carbocycles. The molecule has 1 atom stereocenters. The molecule has 0 aliphatic heterocycles. The van der Waals surface area contributed by atoms with Gasteiger partial charge in [-0.25, -0.2) is 4.68 Å². The molecule has 0 bridgehead atoms. The summed E-state index contributed by atoms with van der Waals surface area (Å²) in [6.07, 6.45) is -0.187. The second kappa shape index (κ2) is 8.36. The van der Waals surface area contributed by atoms with E-state index in [1.165, 1.54) is 0 Å². The summed E-state index contributed by atoms with van der Waals surface area (Å²) < 4.78 is 1.57. The van der Waals surface area contributed by atoms with Gasteiger partial charge in [-0.3, -0.25) is 4.79 Å². The van der Waals surface area contributed by atoms with E-state index in [9.17, 15) is 15.2 Å². The van der Waals surface area contributed by atoms with E-state index in [0.29, 0.717) is 40.7 Å². The highest BCUT2D eigenvalue weighted by atomic mass is 16.3. The van der Waals surface area contributed by atoms with Gasteiger partial charge in [0.15, 0.2) is 5.69 Å². The summed E-state index contributed by atoms with van der Waals surface area (Å²) in [4.78, 5) is 11.8. The third-order valence-electron chi connectivity index (χ3n) is 4.19. The summed E-state index contributed by atoms with van der Waals surface area (Å²) in [5.74, 6) is 5.12. The maximum Gasteiger partial charge on any atom is 0.269 e. The van der Waals surface area contributed by atoms with Gasteiger partial charge in [-0.1, -0.05) is 17.9 Å². The van der Waals surface area contributed by atoms with Gasteiger partial charge in [0.2, 0.25) is 0 Å². The number of aromatic nitrogens is 2. The van der Waals surface area contributed by atoms with Crippen LogP contribution in [0.2, 0.25) is 0 Å². The van der Waals surface area contributed by atoms with Crippen molar-refractivity contribution in [2.75, 3.05) is 13.6 Å². The molecule has 3 aromatic rings. The average molecular weight is 373 g/mol. The number of nitrogens with zero attached hydrogens (tertiary/aromatic N) is 3. The molecule has 28 heavy (non-hydrogen) atoms. The van der Waals surface area contributed by atoms with Crippen LogP contribution in [0.3, 0.4) is 0 Å². The summed E-state index contributed by atoms with van der Waals surface area (Å²) in [5, 5.41) is 26.9. The molecule has 0 spiro atoms. The highest BCUT2D eigenvalue weighted by Gasteiger charge is 2.16. The van der Waals surface area contributed by atoms with Crippen molar-refractivity contribution in [2.45, 2.75) is 12.5 Å². The highest BCUT2D eigenvalue weighted by molar-refractivity contribution is 6.04. The van der Waals surface area contributed by atoms with Crippen molar-refractivity contribution < 1.29 is 9.90 Å². The Labute approximate surface area is 162 Å². The van der Waals surface area contributed by atoms with E-state index in [4.69, 9.17) is 5.73 Å². The van der Waals surface area contributed by atoms with Crippen molar-refractivity contribution in [2.24, 2.45) is 5.73 Å². The van der Waals surface area contributed by atoms with Gasteiger partial charge in [0.05, 0.1) is 22.8 Å². The first kappa shape index (κ1) is 19.1. The molecule has 1 heterocycles. The Bertz CT molecular complexity index is 1130. The predicted molar refractivity (Wildman–Crippen MR) is 106 cm³/mol. The summed E-state index contributed by atoms with van der Waals surface area (Å²) in [6, 6.07) is 14.3. The van der Waals surface area contributed by atoms with Crippen LogP contribution in [-0.2, 0) is 0 Å². The van der Waals surface area contributed by atoms with Crippen LogP contribution in [0, 0.1) is 23.2 Å². The van der Waals surface area contributed by atoms with E-state index in [1.807, 2.05) is 25.2 Å². The Morgan fingerprint density at radius 2 is 2.14 bits per heavy atom. The molecule has 4 N–H and O–H groups in total. The third kappa shape index (κ3) is 4.02. The number of amides is 1. The molecule has 3 rings (SSSR count). The second-order valence-electron chi connectivity index (χ2n) is 6.20. The quantitative estimate of drug-likeness (QED) is 0.583. The number of carbonyl (C=O) groups excluding carboxylic acids is 1. The van der Waals surface area contributed by atoms with Crippen LogP contribution in [0.1, 0.15) is 28.0 Å². The minimum absolute atomic E-state index is 0.137. The monoisotopic (exact) mass is 373 g/mol. The van der Waals surface area contributed by atoms with E-state index in [2.05, 4.69) is 28.3 Å². The number of primary amides is 1. The van der Waals surface area contributed by atoms with Gasteiger partial charge >= 0.3 is 0 Å². The lowest BCUT2D eigenvalue weighted by Crippen LogP contribution is -2.15. The van der Waals surface area contributed by atoms with Gasteiger partial charge < -0.3 is 16.2 Å². The molecule has 0 aliphatic carbocycles. The van der Waals surface area contributed by atoms with Crippen molar-refractivity contribution in [3.63, 3.8) is 0 Å². The number of fused-ring (bicyclic) bond motifs is 1. The highest BCUT2D eigenvalue weighted by Crippen LogP contribution is 2.23. The van der Waals surface area contributed by atoms with Gasteiger partial charge in [0, 0.05) is 10.9 Å². The molecule has 0 saturated heterocycles. The van der Waals surface area contributed by atoms with Crippen molar-refractivity contribution >= 4 is 16.8 Å². The van der Waals surface area contributed by atoms with E-state index in [1.54, 1.807) is 28.9 Å². The van der Waals surface area contributed by atoms with Gasteiger partial charge in [0.25, 0.3) is 5.91 Å². The zero-order valence-electron chi connectivity index (χ0n) is 15.3. The lowest BCUT2D eigenvalue weighted by Gasteiger charge is -2.05. The molecular formula is C21H19N5O2. The third-order valence-corrected chi connectivity index (χ3v) is 4.19. The lowest BCUT2D eigenvalue weighted by molar-refractivity contribution is 0.0996. The summed E-state index contributed by atoms with van der Waals surface area (Å²) in [6.45, 7) is 0.673. The first-order valence-corrected chi connectivity index (χ1v) is 8.71. The molecule has 2 aromatic carbocycles. The molecule has 1 amide bonds. The zero-order chi connectivity index (χ0) is 20.1. The van der Waals surface area contributed by atoms with E-state index < -0.39 is 12.0 Å². The number of carbonyl (C=O) groups is 1. The molecule has 1 aromatic heterocycles. The average Bonchev–Trinajstić information content (AvgIpc) is 3.10. The number of aliphatic hydroxyl groups excluding tert-OH is 1. The van der Waals surface area contributed by atoms with Gasteiger partial charge in [-0.2, -0.15) is 10.4 Å². The fraction of sp³-hybridized carbons (Fsp3) is 0.190. The van der Waals surface area contributed by atoms with Crippen LogP contribution in [0.15, 0.2) is 42.5 Å². The van der Waals surface area contributed by atoms with E-state index in [-0.39, 0.29) is 5.69 Å². The minimum Gasteiger partial charge on any atom is -0.380 e. The Balaban J connectivity index is 2.05. The largest absolute Gasteiger partial charge is 0.380 e. The number of nitriles is 1. The first-order chi connectivity index (χ1) is 13.5. The fourth-order valence-electron chi connectivity index (χ4n) is 2.80. The Hall–Kier alpha value is -3.65. The minimum atomic E-state index is -0.721. The number of rotatable bonds is 5. The van der Waals surface area contributed by atoms with Crippen LogP contribution in [-0.4, -0.2) is 40.5 Å². The number of aliphatic hydroxyl groups is 1. The number of nitrogens with one attached hydrogen (secondary N) is 1. The SMILES string of the molecule is CNCC[C@@H](O)C#Cc1cccc(-n2nc(C(N)=O)c3ccc(C#N)cc32)c1. The number of nitrogens with two attached hydrogens (primary N) is 1. The molecular weight excluding hydrogens is 354 g/mol. The molecule has 7 nitrogen and oxygen atoms in total. The number of hydrogen-bond acceptors (Lipinski definition) is 5. The van der Waals surface area contributed by atoms with Crippen molar-refractivity contribution in [1.82, 2.24) is 15.1 Å². The number of benzene rings is 2. The maximum absolute atomic E-state index is 11.8. The van der Waals surface area contributed by atoms with Crippen molar-refractivity contribution in [1.29, 1.82) is 5.26 Å². The van der Waals surface area contributed by atoms with E-state index >= 15 is 0 Å². The zero-order valence-corrected chi connectivity index (χ0v) is 15.3. The van der Waals surface area contributed by atoms with Crippen LogP contribution in [0.5, 0.6) is 0 Å². The normalized spacial score (nSPS) is 11.5. The Morgan fingerprint density at radius 1 is 1.32 bits per heavy atom. The first-order valence-electron chi connectivity index (χ1n) is 8.71. The maximum atomic E-state index is 11.8. The van der Waals surface area contributed by atoms with Crippen molar-refractivity contribution in [3.8, 4) is 23.6 Å². The molecule has 7 heteroatoms. The van der Waals surface area contributed by atoms with Crippen LogP contribution >= 0.6 is 0 Å². The Kier molecular flexibility index (Phi) is 5.71. The van der Waals surface area contributed by atoms with Gasteiger partial charge in [-0.05, 0) is 56.4 Å². The van der Waals surface area contributed by atoms with E-state index in [0.717, 1.165) is 0 Å². The number of hydrogen-bond donors (Lipinski definition) is 3. The van der Waals surface area contributed by atoms with Gasteiger partial charge in [0.1, 0.15) is 6.10 Å². The molecule has 140 valence electrons. The summed E-state index contributed by atoms with van der Waals surface area (Å²) in [5.41, 5.74) is 8.02. The van der Waals surface area contributed by atoms with Crippen molar-refractivity contribution in [3.05, 3.63) is 59.3 Å². The summed E-state index contributed by atoms with van der Waals surface area (Å²) in [7, 11) is 1.82. The van der Waals surface area contributed by atoms with Crippen LogP contribution in [0.4, 0.5) is 0 Å². The van der Waals surface area contributed by atoms with Crippen LogP contribution < -0.4 is 11.1 Å². The summed E-state index contributed by atoms with van der Waals surface area (Å²) >= 11 is 0. The second-order valence-corrected chi connectivity index (χ2v) is 6.20. The topological polar surface area (TPSA) is 117 Å². The predicted octanol–water partition coefficient (Wildman–Crippen LogP) is 1.32. The molecule has 0 aliphatic rings. The fourth-order valence-corrected chi connectivity index (χ4v) is 2.80. The van der Waals surface area contributed by atoms with Crippen LogP contribution in [0.25, 0.3) is 16.6 Å². The van der Waals surface area contributed by atoms with Gasteiger partial charge in [-0.15, -0.1) is 0 Å². The molecule has 0 radical (unpaired) electrons. The Morgan fingerprint density at radius 3 is 2.86 bits per heavy atom. The lowest BCUT2D eigenvalue weighted by atomic mass is 10.1. The standard InChI is InChI=1S/C21H19N5O2/c1-24-10-9-17(27)7-5-14-3-2-4-16(11-14)26-19-12-15(13-22)6-8-18(19)20(25-26)21(23)28/h2-4,6,8,11-12,17,24,27H,9-10H2,1H3,(H2,23,28)/t17-/m0/s1. The smallest absolute Gasteiger partial charge is 0.269 e. The molecule has 0 unspecified atom stereocenters. The molecule has 0 fully saturated rings.